The predicted octanol–water partition coefficient (Wildman–Crippen LogP) is 12.6. The van der Waals surface area contributed by atoms with Crippen LogP contribution in [0.2, 0.25) is 0 Å². The van der Waals surface area contributed by atoms with Crippen LogP contribution in [-0.2, 0) is 0 Å². The second-order valence-corrected chi connectivity index (χ2v) is 13.0. The van der Waals surface area contributed by atoms with Gasteiger partial charge in [-0.05, 0) is 123 Å². The highest BCUT2D eigenvalue weighted by molar-refractivity contribution is 6.29. The molecular formula is C45H33NO. The van der Waals surface area contributed by atoms with E-state index in [4.69, 9.17) is 9.40 Å². The largest absolute Gasteiger partial charge is 0.436 e. The molecule has 224 valence electrons. The lowest BCUT2D eigenvalue weighted by Gasteiger charge is -2.19. The molecule has 8 aromatic carbocycles. The Balaban J connectivity index is 1.36. The fraction of sp³-hybridized carbons (Fsp3) is 0.0889. The molecular weight excluding hydrogens is 571 g/mol. The van der Waals surface area contributed by atoms with Crippen molar-refractivity contribution in [1.29, 1.82) is 0 Å². The van der Waals surface area contributed by atoms with E-state index in [0.717, 1.165) is 27.6 Å². The summed E-state index contributed by atoms with van der Waals surface area (Å²) >= 11 is 0. The van der Waals surface area contributed by atoms with Crippen molar-refractivity contribution < 1.29 is 4.42 Å². The average molecular weight is 604 g/mol. The van der Waals surface area contributed by atoms with Gasteiger partial charge in [-0.3, -0.25) is 0 Å². The number of hydrogen-bond donors (Lipinski definition) is 0. The lowest BCUT2D eigenvalue weighted by Crippen LogP contribution is -1.94. The summed E-state index contributed by atoms with van der Waals surface area (Å²) < 4.78 is 6.58. The molecule has 1 aromatic heterocycles. The Morgan fingerprint density at radius 2 is 1.06 bits per heavy atom. The average Bonchev–Trinajstić information content (AvgIpc) is 3.51. The van der Waals surface area contributed by atoms with Gasteiger partial charge < -0.3 is 4.42 Å². The fourth-order valence-electron chi connectivity index (χ4n) is 7.62. The molecule has 0 radical (unpaired) electrons. The van der Waals surface area contributed by atoms with E-state index in [9.17, 15) is 0 Å². The molecule has 1 heterocycles. The quantitative estimate of drug-likeness (QED) is 0.187. The van der Waals surface area contributed by atoms with Gasteiger partial charge in [0, 0.05) is 5.56 Å². The first-order valence-electron chi connectivity index (χ1n) is 16.3. The van der Waals surface area contributed by atoms with Gasteiger partial charge in [-0.1, -0.05) is 120 Å². The van der Waals surface area contributed by atoms with E-state index in [1.165, 1.54) is 77.0 Å². The SMILES string of the molecule is Cc1ccc(-c2ccc3ccc4c(-c5ccc(C)cc5C)cc(-c5nc6cc(-c7ccccc7)ccc6o5)c5ccc2c3c54)c(C)c1. The number of aryl methyl sites for hydroxylation is 4. The van der Waals surface area contributed by atoms with Crippen LogP contribution in [-0.4, -0.2) is 4.98 Å². The monoisotopic (exact) mass is 603 g/mol. The highest BCUT2D eigenvalue weighted by Gasteiger charge is 2.22. The Kier molecular flexibility index (Phi) is 6.10. The van der Waals surface area contributed by atoms with E-state index in [2.05, 4.69) is 143 Å². The Morgan fingerprint density at radius 3 is 1.79 bits per heavy atom. The van der Waals surface area contributed by atoms with Gasteiger partial charge >= 0.3 is 0 Å². The minimum absolute atomic E-state index is 0.642. The van der Waals surface area contributed by atoms with Crippen LogP contribution in [0.15, 0.2) is 132 Å². The van der Waals surface area contributed by atoms with Gasteiger partial charge in [0.2, 0.25) is 5.89 Å². The van der Waals surface area contributed by atoms with E-state index in [-0.39, 0.29) is 0 Å². The van der Waals surface area contributed by atoms with E-state index >= 15 is 0 Å². The molecule has 9 rings (SSSR count). The topological polar surface area (TPSA) is 26.0 Å². The summed E-state index contributed by atoms with van der Waals surface area (Å²) in [6.45, 7) is 8.74. The second-order valence-electron chi connectivity index (χ2n) is 13.0. The number of rotatable bonds is 4. The molecule has 0 saturated heterocycles. The van der Waals surface area contributed by atoms with Gasteiger partial charge in [-0.25, -0.2) is 4.98 Å². The fourth-order valence-corrected chi connectivity index (χ4v) is 7.62. The number of aromatic nitrogens is 1. The Labute approximate surface area is 274 Å². The van der Waals surface area contributed by atoms with Crippen LogP contribution < -0.4 is 0 Å². The molecule has 0 aliphatic rings. The zero-order valence-corrected chi connectivity index (χ0v) is 27.0. The molecule has 2 heteroatoms. The summed E-state index contributed by atoms with van der Waals surface area (Å²) in [6, 6.07) is 46.3. The lowest BCUT2D eigenvalue weighted by atomic mass is 9.84. The van der Waals surface area contributed by atoms with Crippen molar-refractivity contribution in [2.45, 2.75) is 27.7 Å². The molecule has 0 spiro atoms. The van der Waals surface area contributed by atoms with Crippen LogP contribution in [0.4, 0.5) is 0 Å². The molecule has 0 fully saturated rings. The van der Waals surface area contributed by atoms with Crippen molar-refractivity contribution in [2.24, 2.45) is 0 Å². The third-order valence-corrected chi connectivity index (χ3v) is 9.85. The molecule has 0 unspecified atom stereocenters. The van der Waals surface area contributed by atoms with Crippen molar-refractivity contribution in [3.05, 3.63) is 150 Å². The van der Waals surface area contributed by atoms with Gasteiger partial charge in [0.1, 0.15) is 5.52 Å². The molecule has 2 nitrogen and oxygen atoms in total. The van der Waals surface area contributed by atoms with Crippen molar-refractivity contribution in [3.63, 3.8) is 0 Å². The Hall–Kier alpha value is -5.73. The van der Waals surface area contributed by atoms with Crippen molar-refractivity contribution in [3.8, 4) is 44.8 Å². The normalized spacial score (nSPS) is 11.8. The first-order valence-corrected chi connectivity index (χ1v) is 16.3. The van der Waals surface area contributed by atoms with E-state index < -0.39 is 0 Å². The van der Waals surface area contributed by atoms with Gasteiger partial charge in [-0.15, -0.1) is 0 Å². The summed E-state index contributed by atoms with van der Waals surface area (Å²) in [5, 5.41) is 7.44. The summed E-state index contributed by atoms with van der Waals surface area (Å²) in [5.74, 6) is 0.642. The van der Waals surface area contributed by atoms with E-state index in [1.807, 2.05) is 12.1 Å². The lowest BCUT2D eigenvalue weighted by molar-refractivity contribution is 0.620. The third-order valence-electron chi connectivity index (χ3n) is 9.85. The Morgan fingerprint density at radius 1 is 0.447 bits per heavy atom. The van der Waals surface area contributed by atoms with Crippen molar-refractivity contribution >= 4 is 43.4 Å². The van der Waals surface area contributed by atoms with E-state index in [1.54, 1.807) is 0 Å². The summed E-state index contributed by atoms with van der Waals surface area (Å²) in [5.41, 5.74) is 15.0. The van der Waals surface area contributed by atoms with Crippen molar-refractivity contribution in [2.75, 3.05) is 0 Å². The minimum Gasteiger partial charge on any atom is -0.436 e. The maximum Gasteiger partial charge on any atom is 0.227 e. The zero-order valence-electron chi connectivity index (χ0n) is 27.0. The van der Waals surface area contributed by atoms with E-state index in [0.29, 0.717) is 5.89 Å². The van der Waals surface area contributed by atoms with Crippen LogP contribution in [0, 0.1) is 27.7 Å². The molecule has 0 aliphatic carbocycles. The first kappa shape index (κ1) is 27.6. The van der Waals surface area contributed by atoms with Crippen molar-refractivity contribution in [1.82, 2.24) is 4.98 Å². The first-order chi connectivity index (χ1) is 22.9. The number of hydrogen-bond acceptors (Lipinski definition) is 2. The van der Waals surface area contributed by atoms with Gasteiger partial charge in [-0.2, -0.15) is 0 Å². The Bertz CT molecular complexity index is 2660. The molecule has 0 saturated carbocycles. The predicted molar refractivity (Wildman–Crippen MR) is 198 cm³/mol. The number of nitrogens with zero attached hydrogens (tertiary/aromatic N) is 1. The van der Waals surface area contributed by atoms with Gasteiger partial charge in [0.15, 0.2) is 5.58 Å². The summed E-state index contributed by atoms with van der Waals surface area (Å²) in [4.78, 5) is 5.14. The molecule has 9 aromatic rings. The smallest absolute Gasteiger partial charge is 0.227 e. The zero-order chi connectivity index (χ0) is 31.8. The maximum absolute atomic E-state index is 6.58. The standard InChI is InChI=1S/C45H33NO/c1-26-10-15-33(28(3)22-26)35-17-12-31-13-18-37-39(34-16-11-27(2)23-29(34)4)25-40(38-20-19-36(35)43(31)44(37)38)45-46-41-24-32(14-21-42(41)47-45)30-8-6-5-7-9-30/h5-25H,1-4H3. The molecule has 0 amide bonds. The molecule has 47 heavy (non-hydrogen) atoms. The van der Waals surface area contributed by atoms with Gasteiger partial charge in [0.25, 0.3) is 0 Å². The molecule has 0 bridgehead atoms. The second kappa shape index (κ2) is 10.4. The number of oxazole rings is 1. The highest BCUT2D eigenvalue weighted by atomic mass is 16.3. The van der Waals surface area contributed by atoms with Crippen LogP contribution >= 0.6 is 0 Å². The van der Waals surface area contributed by atoms with Crippen LogP contribution in [0.3, 0.4) is 0 Å². The summed E-state index contributed by atoms with van der Waals surface area (Å²) in [7, 11) is 0. The third kappa shape index (κ3) is 4.36. The van der Waals surface area contributed by atoms with Crippen LogP contribution in [0.1, 0.15) is 22.3 Å². The molecule has 0 atom stereocenters. The number of fused-ring (bicyclic) bond motifs is 1. The highest BCUT2D eigenvalue weighted by Crippen LogP contribution is 2.47. The van der Waals surface area contributed by atoms with Gasteiger partial charge in [0.05, 0.1) is 0 Å². The van der Waals surface area contributed by atoms with Crippen LogP contribution in [0.25, 0.3) is 88.3 Å². The maximum atomic E-state index is 6.58. The number of benzene rings is 8. The molecule has 0 N–H and O–H groups in total. The van der Waals surface area contributed by atoms with Crippen LogP contribution in [0.5, 0.6) is 0 Å². The minimum atomic E-state index is 0.642. The molecule has 0 aliphatic heterocycles. The summed E-state index contributed by atoms with van der Waals surface area (Å²) in [6.07, 6.45) is 0.